The number of aliphatic hydroxyl groups excluding tert-OH is 2. The molecule has 1 aromatic carbocycles. The normalized spacial score (nSPS) is 47.4. The average Bonchev–Trinajstić information content (AvgIpc) is 3.39. The fourth-order valence-corrected chi connectivity index (χ4v) is 9.69. The molecule has 3 aliphatic carbocycles. The fourth-order valence-electron chi connectivity index (χ4n) is 9.16. The number of benzene rings is 1. The van der Waals surface area contributed by atoms with Gasteiger partial charge in [-0.05, 0) is 87.7 Å². The summed E-state index contributed by atoms with van der Waals surface area (Å²) in [7, 11) is 3.97. The lowest BCUT2D eigenvalue weighted by molar-refractivity contribution is -0.276. The van der Waals surface area contributed by atoms with Gasteiger partial charge in [-0.3, -0.25) is 0 Å². The minimum absolute atomic E-state index is 0.0339. The van der Waals surface area contributed by atoms with Gasteiger partial charge in [0.2, 0.25) is 0 Å². The molecule has 3 heterocycles. The number of nitrogens with zero attached hydrogens (tertiary/aromatic N) is 3. The zero-order valence-corrected chi connectivity index (χ0v) is 22.1. The number of halogens is 1. The zero-order valence-electron chi connectivity index (χ0n) is 21.3. The number of alkyl halides is 1. The molecule has 192 valence electrons. The van der Waals surface area contributed by atoms with Crippen molar-refractivity contribution >= 4 is 28.1 Å². The number of hydrogen-bond donors (Lipinski definition) is 2. The van der Waals surface area contributed by atoms with Crippen LogP contribution < -0.4 is 0 Å². The van der Waals surface area contributed by atoms with Gasteiger partial charge in [-0.2, -0.15) is 0 Å². The molecule has 2 N–H and O–H groups in total. The molecule has 7 heteroatoms. The summed E-state index contributed by atoms with van der Waals surface area (Å²) in [5.41, 5.74) is 2.72. The van der Waals surface area contributed by atoms with E-state index in [1.165, 1.54) is 11.1 Å². The molecule has 9 atom stereocenters. The van der Waals surface area contributed by atoms with Gasteiger partial charge < -0.3 is 19.8 Å². The number of allylic oxidation sites excluding steroid dienone is 2. The Labute approximate surface area is 217 Å². The smallest absolute Gasteiger partial charge is 0.116 e. The molecule has 0 radical (unpaired) electrons. The van der Waals surface area contributed by atoms with Gasteiger partial charge in [0, 0.05) is 29.5 Å². The minimum Gasteiger partial charge on any atom is -0.390 e. The Balaban J connectivity index is 1.27. The number of rotatable bonds is 2. The van der Waals surface area contributed by atoms with Gasteiger partial charge in [0.15, 0.2) is 0 Å². The van der Waals surface area contributed by atoms with Crippen molar-refractivity contribution in [3.8, 4) is 0 Å². The molecule has 2 saturated heterocycles. The third kappa shape index (κ3) is 2.83. The van der Waals surface area contributed by atoms with Crippen molar-refractivity contribution in [3.63, 3.8) is 0 Å². The standard InChI is InChI=1S/C29H36ClN3O3/c1-26-8-10-28(30)13-20-24(34)25(35)22(33(2)3)14-27(20)9-11-29(28,36-27)23(26)7-5-19(26)17-4-6-21-18(12-17)15-31-16-32-21/h4-6,12,15-16,20,22-25,34-35H,7-11,13-14H2,1-3H3/t20?,22-,23?,24+,25+,26+,27+,28?,29-/m0/s1. The van der Waals surface area contributed by atoms with Crippen molar-refractivity contribution in [2.24, 2.45) is 17.3 Å². The zero-order chi connectivity index (χ0) is 25.1. The number of likely N-dealkylation sites (N-methyl/N-ethyl adjacent to an activating group) is 1. The van der Waals surface area contributed by atoms with E-state index < -0.39 is 28.3 Å². The van der Waals surface area contributed by atoms with Crippen LogP contribution in [0, 0.1) is 17.3 Å². The van der Waals surface area contributed by atoms with E-state index >= 15 is 0 Å². The number of aliphatic hydroxyl groups is 2. The molecular formula is C29H36ClN3O3. The Morgan fingerprint density at radius 3 is 2.72 bits per heavy atom. The molecule has 5 aliphatic rings. The molecule has 2 aliphatic heterocycles. The first kappa shape index (κ1) is 23.5. The van der Waals surface area contributed by atoms with Crippen LogP contribution in [0.15, 0.2) is 36.8 Å². The number of fused-ring (bicyclic) bond motifs is 2. The highest BCUT2D eigenvalue weighted by atomic mass is 35.5. The minimum atomic E-state index is -0.816. The lowest BCUT2D eigenvalue weighted by Gasteiger charge is -2.65. The van der Waals surface area contributed by atoms with Crippen LogP contribution in [0.4, 0.5) is 0 Å². The van der Waals surface area contributed by atoms with Gasteiger partial charge in [-0.25, -0.2) is 9.97 Å². The summed E-state index contributed by atoms with van der Waals surface area (Å²) in [4.78, 5) is 10.1. The largest absolute Gasteiger partial charge is 0.390 e. The monoisotopic (exact) mass is 509 g/mol. The van der Waals surface area contributed by atoms with E-state index in [-0.39, 0.29) is 23.3 Å². The molecule has 6 nitrogen and oxygen atoms in total. The van der Waals surface area contributed by atoms with Gasteiger partial charge in [0.05, 0.1) is 33.8 Å². The third-order valence-electron chi connectivity index (χ3n) is 11.0. The van der Waals surface area contributed by atoms with Gasteiger partial charge in [-0.15, -0.1) is 11.6 Å². The molecule has 2 aromatic rings. The topological polar surface area (TPSA) is 78.7 Å². The van der Waals surface area contributed by atoms with Crippen molar-refractivity contribution in [2.45, 2.75) is 86.2 Å². The first-order chi connectivity index (χ1) is 17.1. The molecule has 2 spiro atoms. The summed E-state index contributed by atoms with van der Waals surface area (Å²) in [6.07, 6.45) is 10.4. The summed E-state index contributed by atoms with van der Waals surface area (Å²) in [6.45, 7) is 2.41. The molecule has 2 bridgehead atoms. The van der Waals surface area contributed by atoms with Crippen LogP contribution in [0.3, 0.4) is 0 Å². The Morgan fingerprint density at radius 1 is 1.08 bits per heavy atom. The van der Waals surface area contributed by atoms with Crippen LogP contribution in [0.25, 0.3) is 16.5 Å². The van der Waals surface area contributed by atoms with Crippen molar-refractivity contribution in [1.29, 1.82) is 0 Å². The lowest BCUT2D eigenvalue weighted by Crippen LogP contribution is -2.72. The SMILES string of the molecule is CN(C)[C@H]1C[C@@]23CC[C@]4(O2)C2CC=C(c5ccc6ncncc6c5)[C@@]2(C)CCC4(Cl)CC3[C@@H](O)[C@@H]1O. The predicted octanol–water partition coefficient (Wildman–Crippen LogP) is 4.17. The molecule has 1 aromatic heterocycles. The second-order valence-corrected chi connectivity index (χ2v) is 13.4. The molecule has 4 fully saturated rings. The second-order valence-electron chi connectivity index (χ2n) is 12.7. The highest BCUT2D eigenvalue weighted by Crippen LogP contribution is 2.73. The maximum atomic E-state index is 11.3. The fraction of sp³-hybridized carbons (Fsp3) is 0.655. The van der Waals surface area contributed by atoms with Crippen molar-refractivity contribution in [1.82, 2.24) is 14.9 Å². The highest BCUT2D eigenvalue weighted by molar-refractivity contribution is 6.25. The van der Waals surface area contributed by atoms with Crippen LogP contribution in [-0.4, -0.2) is 73.5 Å². The average molecular weight is 510 g/mol. The first-order valence-electron chi connectivity index (χ1n) is 13.5. The van der Waals surface area contributed by atoms with Crippen molar-refractivity contribution in [3.05, 3.63) is 42.4 Å². The predicted molar refractivity (Wildman–Crippen MR) is 140 cm³/mol. The summed E-state index contributed by atoms with van der Waals surface area (Å²) < 4.78 is 7.33. The summed E-state index contributed by atoms with van der Waals surface area (Å²) in [5.74, 6) is 0.159. The van der Waals surface area contributed by atoms with E-state index in [2.05, 4.69) is 41.2 Å². The van der Waals surface area contributed by atoms with Gasteiger partial charge in [0.1, 0.15) is 6.33 Å². The first-order valence-corrected chi connectivity index (χ1v) is 13.8. The maximum Gasteiger partial charge on any atom is 0.116 e. The summed E-state index contributed by atoms with van der Waals surface area (Å²) >= 11 is 7.62. The quantitative estimate of drug-likeness (QED) is 0.591. The summed E-state index contributed by atoms with van der Waals surface area (Å²) in [6, 6.07) is 6.40. The molecular weight excluding hydrogens is 474 g/mol. The lowest BCUT2D eigenvalue weighted by atomic mass is 9.52. The van der Waals surface area contributed by atoms with Crippen LogP contribution in [-0.2, 0) is 4.74 Å². The van der Waals surface area contributed by atoms with E-state index in [1.807, 2.05) is 25.2 Å². The molecule has 2 saturated carbocycles. The maximum absolute atomic E-state index is 11.3. The highest BCUT2D eigenvalue weighted by Gasteiger charge is 2.76. The van der Waals surface area contributed by atoms with Crippen LogP contribution in [0.1, 0.15) is 57.4 Å². The Morgan fingerprint density at radius 2 is 1.92 bits per heavy atom. The van der Waals surface area contributed by atoms with E-state index in [1.54, 1.807) is 6.33 Å². The van der Waals surface area contributed by atoms with Crippen molar-refractivity contribution in [2.75, 3.05) is 14.1 Å². The van der Waals surface area contributed by atoms with Gasteiger partial charge in [-0.1, -0.05) is 19.1 Å². The Hall–Kier alpha value is -1.57. The van der Waals surface area contributed by atoms with Crippen LogP contribution >= 0.6 is 11.6 Å². The van der Waals surface area contributed by atoms with Crippen molar-refractivity contribution < 1.29 is 14.9 Å². The Bertz CT molecular complexity index is 1270. The van der Waals surface area contributed by atoms with E-state index in [9.17, 15) is 10.2 Å². The third-order valence-corrected chi connectivity index (χ3v) is 11.7. The molecule has 0 amide bonds. The molecule has 7 rings (SSSR count). The number of aromatic nitrogens is 2. The van der Waals surface area contributed by atoms with E-state index in [0.717, 1.165) is 49.4 Å². The number of hydrogen-bond acceptors (Lipinski definition) is 6. The van der Waals surface area contributed by atoms with Crippen LogP contribution in [0.2, 0.25) is 0 Å². The van der Waals surface area contributed by atoms with E-state index in [4.69, 9.17) is 16.3 Å². The number of ether oxygens (including phenoxy) is 1. The summed E-state index contributed by atoms with van der Waals surface area (Å²) in [5, 5.41) is 23.3. The van der Waals surface area contributed by atoms with Gasteiger partial charge in [0.25, 0.3) is 0 Å². The van der Waals surface area contributed by atoms with E-state index in [0.29, 0.717) is 6.42 Å². The second kappa shape index (κ2) is 7.51. The van der Waals surface area contributed by atoms with Gasteiger partial charge >= 0.3 is 0 Å². The Kier molecular flexibility index (Phi) is 4.91. The molecule has 36 heavy (non-hydrogen) atoms. The molecule has 3 unspecified atom stereocenters. The van der Waals surface area contributed by atoms with Crippen LogP contribution in [0.5, 0.6) is 0 Å².